The fourth-order valence-electron chi connectivity index (χ4n) is 23.3. The molecule has 3 saturated carbocycles. The number of halogens is 1. The molecule has 0 bridgehead atoms. The maximum Gasteiger partial charge on any atom is 0.410 e. The summed E-state index contributed by atoms with van der Waals surface area (Å²) >= 11 is 0. The summed E-state index contributed by atoms with van der Waals surface area (Å²) in [6.45, 7) is 34.4. The number of alkyl carbamates (subject to hydrolysis) is 1. The van der Waals surface area contributed by atoms with Gasteiger partial charge in [-0.25, -0.2) is 14.4 Å². The topological polar surface area (TPSA) is 290 Å². The first-order chi connectivity index (χ1) is 66.1. The zero-order chi connectivity index (χ0) is 97.6. The molecule has 8 heterocycles. The van der Waals surface area contributed by atoms with Crippen molar-refractivity contribution in [2.75, 3.05) is 119 Å². The number of carboxylic acids is 1. The van der Waals surface area contributed by atoms with Crippen molar-refractivity contribution in [3.05, 3.63) is 179 Å². The third kappa shape index (κ3) is 37.6. The normalized spacial score (nSPS) is 24.2. The Labute approximate surface area is 854 Å². The van der Waals surface area contributed by atoms with Crippen LogP contribution in [0.3, 0.4) is 0 Å². The summed E-state index contributed by atoms with van der Waals surface area (Å²) < 4.78 is 10.1. The Kier molecular flexibility index (Phi) is 49.5. The summed E-state index contributed by atoms with van der Waals surface area (Å²) in [7, 11) is 3.19. The van der Waals surface area contributed by atoms with Gasteiger partial charge in [0.1, 0.15) is 29.6 Å². The number of carbonyl (C=O) groups is 7. The smallest absolute Gasteiger partial charge is 0.410 e. The molecule has 11 fully saturated rings. The van der Waals surface area contributed by atoms with Crippen LogP contribution in [0, 0.1) is 41.4 Å². The van der Waals surface area contributed by atoms with Gasteiger partial charge in [-0.2, -0.15) is 0 Å². The van der Waals surface area contributed by atoms with Gasteiger partial charge in [0.05, 0.1) is 18.1 Å². The molecule has 5 aromatic carbocycles. The lowest BCUT2D eigenvalue weighted by Gasteiger charge is -2.37. The number of benzene rings is 5. The number of hydrogen-bond acceptors (Lipinski definition) is 17. The summed E-state index contributed by atoms with van der Waals surface area (Å²) in [5.41, 5.74) is 12.5. The predicted octanol–water partition coefficient (Wildman–Crippen LogP) is 17.8. The van der Waals surface area contributed by atoms with Crippen molar-refractivity contribution < 1.29 is 55.0 Å². The number of aliphatic carboxylic acids is 1. The summed E-state index contributed by atoms with van der Waals surface area (Å²) in [5, 5.41) is 21.2. The van der Waals surface area contributed by atoms with Crippen molar-refractivity contribution in [3.63, 3.8) is 0 Å². The van der Waals surface area contributed by atoms with Crippen molar-refractivity contribution in [1.29, 1.82) is 0 Å². The number of amides is 5. The second-order valence-corrected chi connectivity index (χ2v) is 43.7. The highest BCUT2D eigenvalue weighted by Gasteiger charge is 2.46. The highest BCUT2D eigenvalue weighted by atomic mass is 127. The number of carbonyl (C=O) groups excluding carboxylic acids is 6. The molecule has 11 aliphatic rings. The lowest BCUT2D eigenvalue weighted by Crippen LogP contribution is -2.57. The largest absolute Gasteiger partial charge is 0.480 e. The summed E-state index contributed by atoms with van der Waals surface area (Å²) in [4.78, 5) is 103. The monoisotopic (exact) mass is 2040 g/mol. The van der Waals surface area contributed by atoms with Gasteiger partial charge in [0.25, 0.3) is 0 Å². The molecule has 776 valence electrons. The van der Waals surface area contributed by atoms with E-state index in [1.54, 1.807) is 27.8 Å². The molecule has 8 saturated heterocycles. The molecule has 0 spiro atoms. The van der Waals surface area contributed by atoms with Crippen LogP contribution in [0.2, 0.25) is 0 Å². The van der Waals surface area contributed by atoms with Crippen molar-refractivity contribution in [1.82, 2.24) is 60.5 Å². The van der Waals surface area contributed by atoms with Crippen LogP contribution in [0.1, 0.15) is 271 Å². The number of nitrogens with two attached hydrogens (primary N) is 1. The van der Waals surface area contributed by atoms with Gasteiger partial charge in [-0.3, -0.25) is 24.2 Å². The average Bonchev–Trinajstić information content (AvgIpc) is 1.68. The quantitative estimate of drug-likeness (QED) is 0.0221. The Morgan fingerprint density at radius 2 is 0.849 bits per heavy atom. The first-order valence-corrected chi connectivity index (χ1v) is 53.7. The number of carboxylic acid groups (broad SMARTS) is 1. The molecule has 25 heteroatoms. The molecule has 5 amide bonds. The van der Waals surface area contributed by atoms with Gasteiger partial charge in [-0.15, -0.1) is 24.0 Å². The number of hydrogen-bond donors (Lipinski definition) is 6. The maximum absolute atomic E-state index is 14.0. The minimum atomic E-state index is -1.06. The first-order valence-electron chi connectivity index (χ1n) is 53.7. The highest BCUT2D eigenvalue weighted by Crippen LogP contribution is 2.40. The van der Waals surface area contributed by atoms with E-state index in [4.69, 9.17) is 20.3 Å². The second-order valence-electron chi connectivity index (χ2n) is 43.7. The first kappa shape index (κ1) is 115. The van der Waals surface area contributed by atoms with Gasteiger partial charge in [0, 0.05) is 104 Å². The maximum atomic E-state index is 14.0. The standard InChI is InChI=1S/C28H44N4O2.C24H37N3O.C24H32N2.C16H24N2.C13H23NO3.C9H17NO4.HI.H2O.H2/c1-21(29-2)27(33)30-26(24-12-7-4-8-13-24)28(34)32-19-16-23-14-9-17-31(20-25(23)32)18-15-22-10-5-3-6-11-22;25-23(21-10-5-2-6-11-21)24(28)27-17-14-20-12-7-15-26(18-22(20)27)16-13-19-8-3-1-4-9-19;1-20(22-11-6-3-7-12-22)26-18-15-23-13-8-16-25(19-24(23)26)17-14-21-9-4-2-5-10-21;1-2-5-14(6-3-1)9-12-18-11-4-7-15-8-10-17-16(15)13-18;1-13(2,3)17-12(16)14-11(9-15)10-7-5-4-6-8-10;1-6(7(11)12)10(5)8(13)14-9(2,3)4;;;/h3,5-6,10-11,21,23-26,29H,4,7-9,12-20H2,1-2H3,(H,30,33);1,3-4,8-9,20-23H,2,5-7,10-18,25H2;2-7,9-12,20,23-24H,8,13-19H2,1H3;1-3,5-6,15-17H,4,7-13H2;9-11H,4-8H2,1-3H3,(H,14,16);6H,1-5H3,(H,11,12);1H;1H2;1H/t21-,23+,25+,26-;20-,22?,23+;20-,23+,24+;15-,16-;11-;6-;;;/m010111.../s1. The molecule has 16 rings (SSSR count). The van der Waals surface area contributed by atoms with Crippen molar-refractivity contribution >= 4 is 66.1 Å². The molecule has 0 aromatic heterocycles. The third-order valence-electron chi connectivity index (χ3n) is 31.7. The number of likely N-dealkylation sites (tertiary alicyclic amines) is 7. The molecule has 5 aromatic rings. The van der Waals surface area contributed by atoms with Crippen LogP contribution in [-0.4, -0.2) is 276 Å². The Balaban J connectivity index is 0.000000210. The van der Waals surface area contributed by atoms with E-state index in [1.807, 2.05) is 27.7 Å². The number of nitrogens with zero attached hydrogens (tertiary/aromatic N) is 8. The number of rotatable bonds is 26. The van der Waals surface area contributed by atoms with Crippen LogP contribution in [0.15, 0.2) is 152 Å². The lowest BCUT2D eigenvalue weighted by atomic mass is 9.83. The molecule has 24 nitrogen and oxygen atoms in total. The molecule has 9 N–H and O–H groups in total. The summed E-state index contributed by atoms with van der Waals surface area (Å²) in [5.74, 6) is 3.32. The molecule has 139 heavy (non-hydrogen) atoms. The third-order valence-corrected chi connectivity index (χ3v) is 31.7. The Bertz CT molecular complexity index is 4340. The van der Waals surface area contributed by atoms with E-state index in [0.717, 1.165) is 171 Å². The molecule has 3 aliphatic carbocycles. The Morgan fingerprint density at radius 3 is 1.27 bits per heavy atom. The second kappa shape index (κ2) is 59.7. The predicted molar refractivity (Wildman–Crippen MR) is 573 cm³/mol. The Hall–Kier alpha value is -7.44. The van der Waals surface area contributed by atoms with Crippen molar-refractivity contribution in [3.8, 4) is 0 Å². The fourth-order valence-corrected chi connectivity index (χ4v) is 23.3. The van der Waals surface area contributed by atoms with Crippen molar-refractivity contribution in [2.24, 2.45) is 47.2 Å². The molecular formula is C114H182IN13O11. The zero-order valence-corrected chi connectivity index (χ0v) is 89.1. The number of nitrogens with one attached hydrogen (secondary N) is 4. The van der Waals surface area contributed by atoms with Crippen LogP contribution in [0.4, 0.5) is 9.59 Å². The summed E-state index contributed by atoms with van der Waals surface area (Å²) in [6.07, 6.45) is 37.0. The van der Waals surface area contributed by atoms with E-state index in [-0.39, 0.29) is 84.6 Å². The van der Waals surface area contributed by atoms with E-state index in [2.05, 4.69) is 214 Å². The van der Waals surface area contributed by atoms with E-state index < -0.39 is 41.4 Å². The SMILES string of the molecule is CC(C)(C)OC(=O)N[C@H](C=O)C1CCCCC1.CN[C@@H](C)C(=O)N[C@H](C(=O)N1CC[C@H]2CCCN(CCc3ccccc3)C[C@H]21)C1CCCCC1.C[C@@H](c1ccccc1)N1CC[C@H]2CCCN(CCc3ccccc3)C[C@H]21.C[C@H](C(=O)O)N(C)C(=O)OC(C)(C)C.I.N[C@H](C(=O)N1CC[C@H]2CCCN(CCc3ccccc3)CC21)C1CCCCC1.O.[HH].c1ccc(CCN2CCC[C@@H]3CCN[C@@H]3C2)cc1. The minimum Gasteiger partial charge on any atom is -0.480 e. The fraction of sp³-hybridized carbons (Fsp3) is 0.675. The van der Waals surface area contributed by atoms with Crippen LogP contribution in [-0.2, 0) is 59.1 Å². The average molecular weight is 2040 g/mol. The minimum absolute atomic E-state index is 0. The van der Waals surface area contributed by atoms with Crippen LogP contribution in [0.25, 0.3) is 0 Å². The van der Waals surface area contributed by atoms with Crippen LogP contribution >= 0.6 is 24.0 Å². The van der Waals surface area contributed by atoms with E-state index in [9.17, 15) is 33.6 Å². The van der Waals surface area contributed by atoms with Gasteiger partial charge in [-0.05, 0) is 319 Å². The molecule has 14 atom stereocenters. The number of fused-ring (bicyclic) bond motifs is 4. The number of aldehydes is 1. The van der Waals surface area contributed by atoms with Crippen LogP contribution < -0.4 is 27.0 Å². The van der Waals surface area contributed by atoms with Crippen molar-refractivity contribution in [2.45, 2.75) is 333 Å². The molecular weight excluding hydrogens is 1850 g/mol. The van der Waals surface area contributed by atoms with Gasteiger partial charge in [0.15, 0.2) is 0 Å². The van der Waals surface area contributed by atoms with Gasteiger partial charge in [0.2, 0.25) is 17.7 Å². The highest BCUT2D eigenvalue weighted by molar-refractivity contribution is 14.0. The number of ether oxygens (including phenoxy) is 2. The van der Waals surface area contributed by atoms with E-state index in [1.165, 1.54) is 210 Å². The van der Waals surface area contributed by atoms with Crippen LogP contribution in [0.5, 0.6) is 0 Å². The van der Waals surface area contributed by atoms with E-state index in [0.29, 0.717) is 29.8 Å². The van der Waals surface area contributed by atoms with E-state index >= 15 is 0 Å². The Morgan fingerprint density at radius 1 is 0.468 bits per heavy atom. The van der Waals surface area contributed by atoms with Gasteiger partial charge in [-0.1, -0.05) is 209 Å². The molecule has 1 unspecified atom stereocenters. The molecule has 8 aliphatic heterocycles. The zero-order valence-electron chi connectivity index (χ0n) is 86.7. The van der Waals surface area contributed by atoms with Gasteiger partial charge >= 0.3 is 18.2 Å². The summed E-state index contributed by atoms with van der Waals surface area (Å²) in [6, 6.07) is 54.8. The van der Waals surface area contributed by atoms with Gasteiger partial charge < -0.3 is 81.3 Å². The lowest BCUT2D eigenvalue weighted by molar-refractivity contribution is -0.142. The number of likely N-dealkylation sites (N-methyl/N-ethyl adjacent to an activating group) is 2. The molecule has 0 radical (unpaired) electrons.